The van der Waals surface area contributed by atoms with Crippen LogP contribution in [0.5, 0.6) is 0 Å². The Balaban J connectivity index is 2.72. The number of amides is 1. The zero-order valence-electron chi connectivity index (χ0n) is 7.43. The Hall–Kier alpha value is -1.10. The number of nitrogens with zero attached hydrogens (tertiary/aromatic N) is 1. The minimum Gasteiger partial charge on any atom is -0.480 e. The Morgan fingerprint density at radius 1 is 1.46 bits per heavy atom. The van der Waals surface area contributed by atoms with Gasteiger partial charge in [-0.2, -0.15) is 0 Å². The SMILES string of the molecule is CC(=O)N1CC[C@H](O)C[C@H]1C(=O)O. The van der Waals surface area contributed by atoms with Crippen molar-refractivity contribution in [3.63, 3.8) is 0 Å². The standard InChI is InChI=1S/C8H13NO4/c1-5(10)9-3-2-6(11)4-7(9)8(12)13/h6-7,11H,2-4H2,1H3,(H,12,13)/t6-,7-/m0/s1. The summed E-state index contributed by atoms with van der Waals surface area (Å²) in [5.41, 5.74) is 0. The number of hydrogen-bond acceptors (Lipinski definition) is 3. The van der Waals surface area contributed by atoms with Crippen molar-refractivity contribution >= 4 is 11.9 Å². The van der Waals surface area contributed by atoms with Gasteiger partial charge in [-0.1, -0.05) is 0 Å². The van der Waals surface area contributed by atoms with Gasteiger partial charge in [0.25, 0.3) is 0 Å². The van der Waals surface area contributed by atoms with Crippen LogP contribution in [0.15, 0.2) is 0 Å². The number of carboxylic acids is 1. The van der Waals surface area contributed by atoms with Crippen LogP contribution in [-0.2, 0) is 9.59 Å². The fourth-order valence-corrected chi connectivity index (χ4v) is 1.56. The first-order chi connectivity index (χ1) is 6.02. The lowest BCUT2D eigenvalue weighted by molar-refractivity contribution is -0.153. The van der Waals surface area contributed by atoms with E-state index in [0.29, 0.717) is 13.0 Å². The molecule has 5 nitrogen and oxygen atoms in total. The van der Waals surface area contributed by atoms with E-state index in [9.17, 15) is 14.7 Å². The van der Waals surface area contributed by atoms with E-state index in [1.165, 1.54) is 11.8 Å². The number of piperidine rings is 1. The van der Waals surface area contributed by atoms with E-state index in [0.717, 1.165) is 0 Å². The maximum atomic E-state index is 11.0. The Bertz CT molecular complexity index is 228. The van der Waals surface area contributed by atoms with Crippen molar-refractivity contribution in [1.82, 2.24) is 4.90 Å². The van der Waals surface area contributed by atoms with Crippen LogP contribution in [-0.4, -0.2) is 45.7 Å². The number of aliphatic carboxylic acids is 1. The highest BCUT2D eigenvalue weighted by Gasteiger charge is 2.33. The molecular weight excluding hydrogens is 174 g/mol. The summed E-state index contributed by atoms with van der Waals surface area (Å²) >= 11 is 0. The van der Waals surface area contributed by atoms with Crippen molar-refractivity contribution in [3.8, 4) is 0 Å². The molecule has 0 aromatic carbocycles. The molecule has 0 radical (unpaired) electrons. The average molecular weight is 187 g/mol. The fraction of sp³-hybridized carbons (Fsp3) is 0.750. The number of carbonyl (C=O) groups is 2. The molecule has 1 aliphatic heterocycles. The summed E-state index contributed by atoms with van der Waals surface area (Å²) in [6.45, 7) is 1.67. The van der Waals surface area contributed by atoms with Crippen LogP contribution in [0, 0.1) is 0 Å². The normalized spacial score (nSPS) is 28.6. The molecule has 13 heavy (non-hydrogen) atoms. The van der Waals surface area contributed by atoms with Crippen LogP contribution < -0.4 is 0 Å². The van der Waals surface area contributed by atoms with Crippen molar-refractivity contribution in [2.75, 3.05) is 6.54 Å². The van der Waals surface area contributed by atoms with Crippen molar-refractivity contribution in [2.45, 2.75) is 31.9 Å². The molecule has 0 aliphatic carbocycles. The van der Waals surface area contributed by atoms with E-state index in [-0.39, 0.29) is 12.3 Å². The monoisotopic (exact) mass is 187 g/mol. The van der Waals surface area contributed by atoms with E-state index < -0.39 is 18.1 Å². The van der Waals surface area contributed by atoms with E-state index in [2.05, 4.69) is 0 Å². The zero-order valence-corrected chi connectivity index (χ0v) is 7.43. The number of rotatable bonds is 1. The average Bonchev–Trinajstić information content (AvgIpc) is 2.03. The van der Waals surface area contributed by atoms with Crippen molar-refractivity contribution in [2.24, 2.45) is 0 Å². The molecule has 5 heteroatoms. The molecule has 0 saturated carbocycles. The zero-order chi connectivity index (χ0) is 10.0. The smallest absolute Gasteiger partial charge is 0.326 e. The van der Waals surface area contributed by atoms with Gasteiger partial charge in [0.2, 0.25) is 5.91 Å². The van der Waals surface area contributed by atoms with Crippen LogP contribution >= 0.6 is 0 Å². The summed E-state index contributed by atoms with van der Waals surface area (Å²) < 4.78 is 0. The number of aliphatic hydroxyl groups excluding tert-OH is 1. The van der Waals surface area contributed by atoms with Gasteiger partial charge in [0.1, 0.15) is 6.04 Å². The Morgan fingerprint density at radius 2 is 2.08 bits per heavy atom. The molecule has 2 N–H and O–H groups in total. The number of aliphatic hydroxyl groups is 1. The van der Waals surface area contributed by atoms with Crippen molar-refractivity contribution in [1.29, 1.82) is 0 Å². The fourth-order valence-electron chi connectivity index (χ4n) is 1.56. The predicted octanol–water partition coefficient (Wildman–Crippen LogP) is -0.557. The Labute approximate surface area is 76.0 Å². The molecule has 74 valence electrons. The van der Waals surface area contributed by atoms with Gasteiger partial charge in [0.05, 0.1) is 6.10 Å². The summed E-state index contributed by atoms with van der Waals surface area (Å²) in [5, 5.41) is 18.0. The van der Waals surface area contributed by atoms with E-state index in [1.807, 2.05) is 0 Å². The molecule has 0 spiro atoms. The third kappa shape index (κ3) is 2.18. The Kier molecular flexibility index (Phi) is 2.87. The molecule has 2 atom stereocenters. The highest BCUT2D eigenvalue weighted by Crippen LogP contribution is 2.17. The van der Waals surface area contributed by atoms with Gasteiger partial charge in [-0.15, -0.1) is 0 Å². The lowest BCUT2D eigenvalue weighted by Crippen LogP contribution is -2.50. The number of hydrogen-bond donors (Lipinski definition) is 2. The van der Waals surface area contributed by atoms with E-state index in [4.69, 9.17) is 5.11 Å². The molecule has 1 rings (SSSR count). The first-order valence-electron chi connectivity index (χ1n) is 4.20. The lowest BCUT2D eigenvalue weighted by atomic mass is 9.99. The summed E-state index contributed by atoms with van der Waals surface area (Å²) in [4.78, 5) is 23.0. The molecule has 1 heterocycles. The Morgan fingerprint density at radius 3 is 2.54 bits per heavy atom. The molecular formula is C8H13NO4. The number of carbonyl (C=O) groups excluding carboxylic acids is 1. The molecule has 1 aliphatic rings. The van der Waals surface area contributed by atoms with Gasteiger partial charge in [0.15, 0.2) is 0 Å². The van der Waals surface area contributed by atoms with Crippen LogP contribution in [0.25, 0.3) is 0 Å². The first-order valence-corrected chi connectivity index (χ1v) is 4.20. The quantitative estimate of drug-likeness (QED) is 0.577. The van der Waals surface area contributed by atoms with E-state index in [1.54, 1.807) is 0 Å². The van der Waals surface area contributed by atoms with Crippen molar-refractivity contribution < 1.29 is 19.8 Å². The third-order valence-corrected chi connectivity index (χ3v) is 2.26. The summed E-state index contributed by atoms with van der Waals surface area (Å²) in [6, 6.07) is -0.860. The van der Waals surface area contributed by atoms with E-state index >= 15 is 0 Å². The van der Waals surface area contributed by atoms with Gasteiger partial charge >= 0.3 is 5.97 Å². The molecule has 1 saturated heterocycles. The summed E-state index contributed by atoms with van der Waals surface area (Å²) in [5.74, 6) is -1.30. The first kappa shape index (κ1) is 9.98. The topological polar surface area (TPSA) is 77.8 Å². The number of likely N-dealkylation sites (tertiary alicyclic amines) is 1. The second kappa shape index (κ2) is 3.74. The molecule has 1 amide bonds. The predicted molar refractivity (Wildman–Crippen MR) is 44.1 cm³/mol. The molecule has 0 aromatic heterocycles. The highest BCUT2D eigenvalue weighted by atomic mass is 16.4. The molecule has 0 unspecified atom stereocenters. The van der Waals surface area contributed by atoms with Crippen LogP contribution in [0.2, 0.25) is 0 Å². The minimum atomic E-state index is -1.05. The van der Waals surface area contributed by atoms with Gasteiger partial charge in [-0.25, -0.2) is 4.79 Å². The number of carboxylic acid groups (broad SMARTS) is 1. The molecule has 0 bridgehead atoms. The van der Waals surface area contributed by atoms with Crippen LogP contribution in [0.3, 0.4) is 0 Å². The maximum Gasteiger partial charge on any atom is 0.326 e. The second-order valence-corrected chi connectivity index (χ2v) is 3.24. The van der Waals surface area contributed by atoms with Gasteiger partial charge in [-0.05, 0) is 6.42 Å². The third-order valence-electron chi connectivity index (χ3n) is 2.26. The largest absolute Gasteiger partial charge is 0.480 e. The second-order valence-electron chi connectivity index (χ2n) is 3.24. The summed E-state index contributed by atoms with van der Waals surface area (Å²) in [7, 11) is 0. The summed E-state index contributed by atoms with van der Waals surface area (Å²) in [6.07, 6.45) is -0.00477. The molecule has 0 aromatic rings. The van der Waals surface area contributed by atoms with Crippen molar-refractivity contribution in [3.05, 3.63) is 0 Å². The van der Waals surface area contributed by atoms with Gasteiger partial charge < -0.3 is 15.1 Å². The van der Waals surface area contributed by atoms with Gasteiger partial charge in [0, 0.05) is 19.9 Å². The maximum absolute atomic E-state index is 11.0. The highest BCUT2D eigenvalue weighted by molar-refractivity contribution is 5.82. The van der Waals surface area contributed by atoms with Gasteiger partial charge in [-0.3, -0.25) is 4.79 Å². The van der Waals surface area contributed by atoms with Crippen LogP contribution in [0.1, 0.15) is 19.8 Å². The van der Waals surface area contributed by atoms with Crippen LogP contribution in [0.4, 0.5) is 0 Å². The molecule has 1 fully saturated rings. The lowest BCUT2D eigenvalue weighted by Gasteiger charge is -2.34. The minimum absolute atomic E-state index is 0.134.